The van der Waals surface area contributed by atoms with Gasteiger partial charge < -0.3 is 14.8 Å². The molecule has 1 aliphatic heterocycles. The predicted octanol–water partition coefficient (Wildman–Crippen LogP) is 1.99. The molecule has 0 aromatic carbocycles. The minimum absolute atomic E-state index is 0.0601. The fourth-order valence-electron chi connectivity index (χ4n) is 3.74. The molecular weight excluding hydrogens is 316 g/mol. The van der Waals surface area contributed by atoms with Gasteiger partial charge in [0.05, 0.1) is 0 Å². The third-order valence-corrected chi connectivity index (χ3v) is 5.62. The Hall–Kier alpha value is -1.85. The van der Waals surface area contributed by atoms with E-state index in [2.05, 4.69) is 21.8 Å². The molecule has 1 aromatic heterocycles. The summed E-state index contributed by atoms with van der Waals surface area (Å²) >= 11 is 0. The molecular formula is C19H30N4O2. The van der Waals surface area contributed by atoms with Gasteiger partial charge in [0.25, 0.3) is 0 Å². The quantitative estimate of drug-likeness (QED) is 0.768. The molecule has 2 heterocycles. The zero-order chi connectivity index (χ0) is 17.6. The lowest BCUT2D eigenvalue weighted by atomic mass is 9.83. The number of carbonyl (C=O) groups is 2. The Morgan fingerprint density at radius 3 is 2.60 bits per heavy atom. The van der Waals surface area contributed by atoms with Gasteiger partial charge in [0.1, 0.15) is 5.82 Å². The molecule has 138 valence electrons. The van der Waals surface area contributed by atoms with Gasteiger partial charge in [-0.2, -0.15) is 0 Å². The summed E-state index contributed by atoms with van der Waals surface area (Å²) in [5.41, 5.74) is 0. The lowest BCUT2D eigenvalue weighted by Gasteiger charge is -2.36. The van der Waals surface area contributed by atoms with Gasteiger partial charge in [-0.15, -0.1) is 0 Å². The first-order chi connectivity index (χ1) is 12.2. The van der Waals surface area contributed by atoms with E-state index in [0.717, 1.165) is 64.0 Å². The van der Waals surface area contributed by atoms with Crippen LogP contribution < -0.4 is 5.32 Å². The average molecular weight is 346 g/mol. The number of amides is 2. The molecule has 6 nitrogen and oxygen atoms in total. The summed E-state index contributed by atoms with van der Waals surface area (Å²) in [5.74, 6) is 1.88. The van der Waals surface area contributed by atoms with Crippen LogP contribution in [0.2, 0.25) is 0 Å². The van der Waals surface area contributed by atoms with Crippen molar-refractivity contribution in [1.82, 2.24) is 19.8 Å². The van der Waals surface area contributed by atoms with Crippen molar-refractivity contribution >= 4 is 11.8 Å². The molecule has 1 aliphatic carbocycles. The van der Waals surface area contributed by atoms with Crippen molar-refractivity contribution in [2.45, 2.75) is 58.4 Å². The molecule has 0 bridgehead atoms. The molecule has 1 saturated carbocycles. The summed E-state index contributed by atoms with van der Waals surface area (Å²) in [4.78, 5) is 30.9. The van der Waals surface area contributed by atoms with Gasteiger partial charge in [0.15, 0.2) is 0 Å². The van der Waals surface area contributed by atoms with Gasteiger partial charge >= 0.3 is 0 Å². The number of nitrogens with one attached hydrogen (secondary N) is 1. The van der Waals surface area contributed by atoms with Crippen LogP contribution in [-0.2, 0) is 22.6 Å². The van der Waals surface area contributed by atoms with Crippen LogP contribution in [0.15, 0.2) is 12.4 Å². The highest BCUT2D eigenvalue weighted by atomic mass is 16.2. The number of imidazole rings is 1. The lowest BCUT2D eigenvalue weighted by Crippen LogP contribution is -2.46. The first kappa shape index (κ1) is 18.0. The first-order valence-corrected chi connectivity index (χ1v) is 9.75. The molecule has 1 aromatic rings. The van der Waals surface area contributed by atoms with Crippen molar-refractivity contribution in [3.05, 3.63) is 18.2 Å². The van der Waals surface area contributed by atoms with Crippen LogP contribution in [-0.4, -0.2) is 45.9 Å². The van der Waals surface area contributed by atoms with Crippen molar-refractivity contribution < 1.29 is 9.59 Å². The lowest BCUT2D eigenvalue weighted by molar-refractivity contribution is -0.141. The van der Waals surface area contributed by atoms with Crippen LogP contribution in [0.25, 0.3) is 0 Å². The maximum Gasteiger partial charge on any atom is 0.225 e. The highest BCUT2D eigenvalue weighted by Gasteiger charge is 2.33. The van der Waals surface area contributed by atoms with E-state index >= 15 is 0 Å². The summed E-state index contributed by atoms with van der Waals surface area (Å²) in [6.45, 7) is 5.16. The van der Waals surface area contributed by atoms with Crippen molar-refractivity contribution in [1.29, 1.82) is 0 Å². The van der Waals surface area contributed by atoms with E-state index in [1.54, 1.807) is 0 Å². The van der Waals surface area contributed by atoms with Crippen molar-refractivity contribution in [2.24, 2.45) is 11.8 Å². The van der Waals surface area contributed by atoms with Gasteiger partial charge in [-0.1, -0.05) is 13.3 Å². The smallest absolute Gasteiger partial charge is 0.225 e. The Morgan fingerprint density at radius 2 is 1.96 bits per heavy atom. The third kappa shape index (κ3) is 4.41. The molecule has 25 heavy (non-hydrogen) atoms. The summed E-state index contributed by atoms with van der Waals surface area (Å²) in [7, 11) is 0. The summed E-state index contributed by atoms with van der Waals surface area (Å²) < 4.78 is 2.15. The van der Waals surface area contributed by atoms with Gasteiger partial charge in [0.2, 0.25) is 11.8 Å². The van der Waals surface area contributed by atoms with Crippen LogP contribution in [0.5, 0.6) is 0 Å². The van der Waals surface area contributed by atoms with Gasteiger partial charge in [0, 0.05) is 56.8 Å². The second-order valence-electron chi connectivity index (χ2n) is 7.26. The Labute approximate surface area is 150 Å². The van der Waals surface area contributed by atoms with E-state index in [1.165, 1.54) is 6.42 Å². The van der Waals surface area contributed by atoms with Gasteiger partial charge in [-0.25, -0.2) is 4.98 Å². The number of piperidine rings is 1. The summed E-state index contributed by atoms with van der Waals surface area (Å²) in [6, 6.07) is 0. The SMILES string of the molecule is CCc1nccn1CCCNC(=O)C1CCN(C(=O)C2CCC2)CC1. The number of nitrogens with zero attached hydrogens (tertiary/aromatic N) is 3. The van der Waals surface area contributed by atoms with Crippen LogP contribution in [0.3, 0.4) is 0 Å². The molecule has 0 spiro atoms. The molecule has 1 saturated heterocycles. The maximum atomic E-state index is 12.3. The number of aromatic nitrogens is 2. The Balaban J connectivity index is 1.33. The molecule has 2 aliphatic rings. The van der Waals surface area contributed by atoms with Crippen molar-refractivity contribution in [2.75, 3.05) is 19.6 Å². The molecule has 1 N–H and O–H groups in total. The molecule has 0 unspecified atom stereocenters. The minimum Gasteiger partial charge on any atom is -0.356 e. The number of carbonyl (C=O) groups excluding carboxylic acids is 2. The number of aryl methyl sites for hydroxylation is 2. The van der Waals surface area contributed by atoms with E-state index in [9.17, 15) is 9.59 Å². The standard InChI is InChI=1S/C19H30N4O2/c1-2-17-20-10-14-22(17)11-4-9-21-18(24)15-7-12-23(13-8-15)19(25)16-5-3-6-16/h10,14-16H,2-9,11-13H2,1H3,(H,21,24). The first-order valence-electron chi connectivity index (χ1n) is 9.75. The van der Waals surface area contributed by atoms with Crippen molar-refractivity contribution in [3.8, 4) is 0 Å². The van der Waals surface area contributed by atoms with E-state index in [-0.39, 0.29) is 17.7 Å². The van der Waals surface area contributed by atoms with Gasteiger partial charge in [-0.3, -0.25) is 9.59 Å². The number of hydrogen-bond donors (Lipinski definition) is 1. The van der Waals surface area contributed by atoms with E-state index in [4.69, 9.17) is 0 Å². The third-order valence-electron chi connectivity index (χ3n) is 5.62. The fraction of sp³-hybridized carbons (Fsp3) is 0.737. The maximum absolute atomic E-state index is 12.3. The van der Waals surface area contributed by atoms with Crippen LogP contribution in [0, 0.1) is 11.8 Å². The molecule has 2 fully saturated rings. The molecule has 6 heteroatoms. The van der Waals surface area contributed by atoms with E-state index in [1.807, 2.05) is 17.3 Å². The molecule has 2 amide bonds. The Morgan fingerprint density at radius 1 is 1.20 bits per heavy atom. The monoisotopic (exact) mass is 346 g/mol. The number of rotatable bonds is 7. The molecule has 3 rings (SSSR count). The van der Waals surface area contributed by atoms with Crippen LogP contribution in [0.4, 0.5) is 0 Å². The van der Waals surface area contributed by atoms with E-state index < -0.39 is 0 Å². The van der Waals surface area contributed by atoms with E-state index in [0.29, 0.717) is 12.5 Å². The van der Waals surface area contributed by atoms with Crippen LogP contribution in [0.1, 0.15) is 51.3 Å². The average Bonchev–Trinajstić information content (AvgIpc) is 3.04. The highest BCUT2D eigenvalue weighted by molar-refractivity contribution is 5.81. The Bertz CT molecular complexity index is 586. The summed E-state index contributed by atoms with van der Waals surface area (Å²) in [6.07, 6.45) is 10.6. The van der Waals surface area contributed by atoms with Gasteiger partial charge in [-0.05, 0) is 32.1 Å². The van der Waals surface area contributed by atoms with Crippen molar-refractivity contribution in [3.63, 3.8) is 0 Å². The second-order valence-corrected chi connectivity index (χ2v) is 7.26. The Kier molecular flexibility index (Phi) is 6.10. The molecule has 0 atom stereocenters. The predicted molar refractivity (Wildman–Crippen MR) is 95.9 cm³/mol. The second kappa shape index (κ2) is 8.50. The normalized spacial score (nSPS) is 18.8. The zero-order valence-electron chi connectivity index (χ0n) is 15.2. The molecule has 0 radical (unpaired) electrons. The van der Waals surface area contributed by atoms with Crippen LogP contribution >= 0.6 is 0 Å². The minimum atomic E-state index is 0.0601. The number of likely N-dealkylation sites (tertiary alicyclic amines) is 1. The summed E-state index contributed by atoms with van der Waals surface area (Å²) in [5, 5.41) is 3.07. The zero-order valence-corrected chi connectivity index (χ0v) is 15.2. The highest BCUT2D eigenvalue weighted by Crippen LogP contribution is 2.30. The number of hydrogen-bond acceptors (Lipinski definition) is 3. The topological polar surface area (TPSA) is 67.2 Å². The fourth-order valence-corrected chi connectivity index (χ4v) is 3.74. The largest absolute Gasteiger partial charge is 0.356 e.